The lowest BCUT2D eigenvalue weighted by molar-refractivity contribution is -0.133. The lowest BCUT2D eigenvalue weighted by atomic mass is 10.0. The summed E-state index contributed by atoms with van der Waals surface area (Å²) >= 11 is 0. The normalized spacial score (nSPS) is 15.0. The van der Waals surface area contributed by atoms with Crippen LogP contribution in [0, 0.1) is 5.92 Å². The molecule has 0 atom stereocenters. The summed E-state index contributed by atoms with van der Waals surface area (Å²) in [6.07, 6.45) is 1.93. The molecule has 0 bridgehead atoms. The molecule has 0 unspecified atom stereocenters. The van der Waals surface area contributed by atoms with Gasteiger partial charge in [-0.2, -0.15) is 0 Å². The van der Waals surface area contributed by atoms with Gasteiger partial charge >= 0.3 is 6.03 Å². The smallest absolute Gasteiger partial charge is 0.323 e. The second-order valence-corrected chi connectivity index (χ2v) is 12.2. The van der Waals surface area contributed by atoms with E-state index in [0.29, 0.717) is 19.6 Å². The van der Waals surface area contributed by atoms with Crippen LogP contribution in [0.5, 0.6) is 0 Å². The van der Waals surface area contributed by atoms with E-state index in [1.807, 2.05) is 53.4 Å². The maximum absolute atomic E-state index is 13.4. The Morgan fingerprint density at radius 3 is 2.13 bits per heavy atom. The summed E-state index contributed by atoms with van der Waals surface area (Å²) in [7, 11) is 2.14. The Hall–Kier alpha value is -4.66. The van der Waals surface area contributed by atoms with Gasteiger partial charge in [-0.05, 0) is 78.0 Å². The third-order valence-corrected chi connectivity index (χ3v) is 8.59. The Kier molecular flexibility index (Phi) is 9.43. The molecule has 8 heteroatoms. The molecule has 8 nitrogen and oxygen atoms in total. The zero-order valence-electron chi connectivity index (χ0n) is 25.9. The van der Waals surface area contributed by atoms with E-state index in [1.54, 1.807) is 0 Å². The average molecular weight is 603 g/mol. The first-order chi connectivity index (χ1) is 21.9. The van der Waals surface area contributed by atoms with E-state index in [9.17, 15) is 9.59 Å². The molecule has 45 heavy (non-hydrogen) atoms. The number of rotatable bonds is 10. The minimum atomic E-state index is -0.282. The van der Waals surface area contributed by atoms with Crippen LogP contribution >= 0.6 is 0 Å². The Morgan fingerprint density at radius 1 is 0.756 bits per heavy atom. The zero-order valence-corrected chi connectivity index (χ0v) is 25.9. The predicted molar refractivity (Wildman–Crippen MR) is 182 cm³/mol. The summed E-state index contributed by atoms with van der Waals surface area (Å²) < 4.78 is 0. The third-order valence-electron chi connectivity index (χ3n) is 8.59. The monoisotopic (exact) mass is 602 g/mol. The SMILES string of the molecule is CN1CCN(c2ccc(-c3cccc(CN(Cc4cccc(CN)c4)C(=O)C4CC4)c3)cc2NC(=O)Nc2ccccc2)CC1. The summed E-state index contributed by atoms with van der Waals surface area (Å²) in [6, 6.07) is 32.0. The van der Waals surface area contributed by atoms with Crippen molar-refractivity contribution in [3.8, 4) is 11.1 Å². The maximum atomic E-state index is 13.4. The van der Waals surface area contributed by atoms with Gasteiger partial charge in [-0.15, -0.1) is 0 Å². The van der Waals surface area contributed by atoms with E-state index in [4.69, 9.17) is 5.73 Å². The molecule has 4 aromatic carbocycles. The molecule has 2 fully saturated rings. The largest absolute Gasteiger partial charge is 0.367 e. The predicted octanol–water partition coefficient (Wildman–Crippen LogP) is 6.15. The van der Waals surface area contributed by atoms with Crippen LogP contribution < -0.4 is 21.3 Å². The van der Waals surface area contributed by atoms with Crippen LogP contribution in [0.3, 0.4) is 0 Å². The number of nitrogens with zero attached hydrogens (tertiary/aromatic N) is 3. The lowest BCUT2D eigenvalue weighted by Crippen LogP contribution is -2.44. The Morgan fingerprint density at radius 2 is 1.42 bits per heavy atom. The number of carbonyl (C=O) groups excluding carboxylic acids is 2. The van der Waals surface area contributed by atoms with Crippen LogP contribution in [0.15, 0.2) is 97.1 Å². The van der Waals surface area contributed by atoms with Crippen molar-refractivity contribution < 1.29 is 9.59 Å². The summed E-state index contributed by atoms with van der Waals surface area (Å²) in [4.78, 5) is 33.1. The molecule has 2 aliphatic rings. The van der Waals surface area contributed by atoms with Gasteiger partial charge in [-0.25, -0.2) is 4.79 Å². The van der Waals surface area contributed by atoms with E-state index >= 15 is 0 Å². The van der Waals surface area contributed by atoms with Gasteiger partial charge in [0, 0.05) is 57.4 Å². The number of nitrogens with two attached hydrogens (primary N) is 1. The van der Waals surface area contributed by atoms with Gasteiger partial charge in [0.15, 0.2) is 0 Å². The number of urea groups is 1. The molecule has 232 valence electrons. The quantitative estimate of drug-likeness (QED) is 0.203. The molecule has 6 rings (SSSR count). The number of amides is 3. The highest BCUT2D eigenvalue weighted by Gasteiger charge is 2.33. The van der Waals surface area contributed by atoms with Crippen LogP contribution in [-0.2, 0) is 24.4 Å². The van der Waals surface area contributed by atoms with E-state index < -0.39 is 0 Å². The Bertz CT molecular complexity index is 1630. The molecular weight excluding hydrogens is 560 g/mol. The minimum Gasteiger partial charge on any atom is -0.367 e. The molecule has 1 saturated heterocycles. The first-order valence-corrected chi connectivity index (χ1v) is 15.8. The van der Waals surface area contributed by atoms with E-state index in [2.05, 4.69) is 76.0 Å². The molecule has 0 radical (unpaired) electrons. The number of carbonyl (C=O) groups is 2. The van der Waals surface area contributed by atoms with Gasteiger partial charge in [0.1, 0.15) is 0 Å². The topological polar surface area (TPSA) is 93.9 Å². The van der Waals surface area contributed by atoms with E-state index in [1.165, 1.54) is 0 Å². The molecule has 1 aliphatic heterocycles. The number of hydrogen-bond donors (Lipinski definition) is 3. The first-order valence-electron chi connectivity index (χ1n) is 15.8. The molecule has 4 aromatic rings. The fourth-order valence-corrected chi connectivity index (χ4v) is 5.89. The molecule has 3 amide bonds. The van der Waals surface area contributed by atoms with Gasteiger partial charge < -0.3 is 31.1 Å². The molecule has 1 heterocycles. The third kappa shape index (κ3) is 7.90. The summed E-state index contributed by atoms with van der Waals surface area (Å²) in [5.74, 6) is 0.342. The van der Waals surface area contributed by atoms with Crippen molar-refractivity contribution in [1.29, 1.82) is 0 Å². The van der Waals surface area contributed by atoms with Crippen LogP contribution in [0.25, 0.3) is 11.1 Å². The van der Waals surface area contributed by atoms with Crippen LogP contribution in [0.4, 0.5) is 21.9 Å². The summed E-state index contributed by atoms with van der Waals surface area (Å²) in [6.45, 7) is 5.26. The van der Waals surface area contributed by atoms with Crippen molar-refractivity contribution in [2.24, 2.45) is 11.7 Å². The number of para-hydroxylation sites is 1. The number of anilines is 3. The molecule has 0 aromatic heterocycles. The van der Waals surface area contributed by atoms with Crippen molar-refractivity contribution >= 4 is 29.0 Å². The van der Waals surface area contributed by atoms with Crippen molar-refractivity contribution in [3.63, 3.8) is 0 Å². The van der Waals surface area contributed by atoms with Crippen LogP contribution in [0.1, 0.15) is 29.5 Å². The van der Waals surface area contributed by atoms with Crippen LogP contribution in [0.2, 0.25) is 0 Å². The highest BCUT2D eigenvalue weighted by atomic mass is 16.2. The highest BCUT2D eigenvalue weighted by Crippen LogP contribution is 2.34. The fraction of sp³-hybridized carbons (Fsp3) is 0.297. The van der Waals surface area contributed by atoms with Crippen molar-refractivity contribution in [2.45, 2.75) is 32.5 Å². The Balaban J connectivity index is 1.25. The van der Waals surface area contributed by atoms with Crippen LogP contribution in [-0.4, -0.2) is 55.0 Å². The van der Waals surface area contributed by atoms with Gasteiger partial charge in [0.05, 0.1) is 11.4 Å². The van der Waals surface area contributed by atoms with Crippen molar-refractivity contribution in [1.82, 2.24) is 9.80 Å². The fourth-order valence-electron chi connectivity index (χ4n) is 5.89. The zero-order chi connectivity index (χ0) is 31.2. The molecule has 1 saturated carbocycles. The van der Waals surface area contributed by atoms with Gasteiger partial charge in [0.2, 0.25) is 5.91 Å². The van der Waals surface area contributed by atoms with E-state index in [0.717, 1.165) is 83.9 Å². The summed E-state index contributed by atoms with van der Waals surface area (Å²) in [5, 5.41) is 6.08. The molecular formula is C37H42N6O2. The second kappa shape index (κ2) is 14.0. The standard InChI is InChI=1S/C37H42N6O2/c1-41-17-19-42(20-18-41)35-16-15-32(23-34(35)40-37(45)39-33-11-3-2-4-12-33)31-10-6-9-29(22-31)26-43(36(44)30-13-14-30)25-28-8-5-7-27(21-28)24-38/h2-12,15-16,21-23,30H,13-14,17-20,24-26,38H2,1H3,(H2,39,40,45). The van der Waals surface area contributed by atoms with Gasteiger partial charge in [-0.1, -0.05) is 66.7 Å². The van der Waals surface area contributed by atoms with Crippen molar-refractivity contribution in [2.75, 3.05) is 48.8 Å². The number of likely N-dealkylation sites (N-methyl/N-ethyl adjacent to an activating group) is 1. The molecule has 4 N–H and O–H groups in total. The first kappa shape index (κ1) is 30.4. The van der Waals surface area contributed by atoms with Crippen molar-refractivity contribution in [3.05, 3.63) is 114 Å². The van der Waals surface area contributed by atoms with Gasteiger partial charge in [-0.3, -0.25) is 4.79 Å². The number of piperazine rings is 1. The number of benzene rings is 4. The van der Waals surface area contributed by atoms with Gasteiger partial charge in [0.25, 0.3) is 0 Å². The molecule has 1 aliphatic carbocycles. The minimum absolute atomic E-state index is 0.128. The number of hydrogen-bond acceptors (Lipinski definition) is 5. The van der Waals surface area contributed by atoms with E-state index in [-0.39, 0.29) is 17.9 Å². The number of nitrogens with one attached hydrogen (secondary N) is 2. The Labute approximate surface area is 265 Å². The lowest BCUT2D eigenvalue weighted by Gasteiger charge is -2.35. The molecule has 0 spiro atoms. The average Bonchev–Trinajstić information content (AvgIpc) is 3.91. The maximum Gasteiger partial charge on any atom is 0.323 e. The summed E-state index contributed by atoms with van der Waals surface area (Å²) in [5.41, 5.74) is 13.6. The second-order valence-electron chi connectivity index (χ2n) is 12.2. The highest BCUT2D eigenvalue weighted by molar-refractivity contribution is 6.02.